The summed E-state index contributed by atoms with van der Waals surface area (Å²) in [4.78, 5) is 2.47. The van der Waals surface area contributed by atoms with Crippen LogP contribution in [0, 0.1) is 6.92 Å². The van der Waals surface area contributed by atoms with Crippen LogP contribution in [0.1, 0.15) is 23.9 Å². The van der Waals surface area contributed by atoms with E-state index in [4.69, 9.17) is 0 Å². The first-order valence-electron chi connectivity index (χ1n) is 6.60. The first-order chi connectivity index (χ1) is 9.08. The van der Waals surface area contributed by atoms with Gasteiger partial charge in [-0.3, -0.25) is 4.68 Å². The van der Waals surface area contributed by atoms with Gasteiger partial charge in [-0.1, -0.05) is 18.2 Å². The number of benzene rings is 1. The van der Waals surface area contributed by atoms with Crippen molar-refractivity contribution in [3.05, 3.63) is 45.7 Å². The first-order valence-corrected chi connectivity index (χ1v) is 7.39. The smallest absolute Gasteiger partial charge is 0.0739 e. The SMILES string of the molecule is Cc1nn(C)c(CN2c3ccccc3CC2C)c1Br. The van der Waals surface area contributed by atoms with Crippen molar-refractivity contribution in [2.45, 2.75) is 32.9 Å². The summed E-state index contributed by atoms with van der Waals surface area (Å²) in [5, 5.41) is 4.48. The molecule has 4 heteroatoms. The third kappa shape index (κ3) is 2.08. The first kappa shape index (κ1) is 12.7. The quantitative estimate of drug-likeness (QED) is 0.845. The lowest BCUT2D eigenvalue weighted by Gasteiger charge is -2.25. The van der Waals surface area contributed by atoms with E-state index in [1.54, 1.807) is 0 Å². The van der Waals surface area contributed by atoms with Crippen molar-refractivity contribution in [1.29, 1.82) is 0 Å². The predicted octanol–water partition coefficient (Wildman–Crippen LogP) is 3.44. The molecule has 0 bridgehead atoms. The van der Waals surface area contributed by atoms with Crippen LogP contribution in [0.15, 0.2) is 28.7 Å². The molecule has 19 heavy (non-hydrogen) atoms. The van der Waals surface area contributed by atoms with E-state index in [0.717, 1.165) is 23.1 Å². The number of aromatic nitrogens is 2. The number of nitrogens with zero attached hydrogens (tertiary/aromatic N) is 3. The van der Waals surface area contributed by atoms with Crippen LogP contribution in [0.25, 0.3) is 0 Å². The van der Waals surface area contributed by atoms with E-state index in [1.165, 1.54) is 16.9 Å². The molecule has 0 N–H and O–H groups in total. The lowest BCUT2D eigenvalue weighted by Crippen LogP contribution is -2.29. The van der Waals surface area contributed by atoms with Gasteiger partial charge >= 0.3 is 0 Å². The Hall–Kier alpha value is -1.29. The Morgan fingerprint density at radius 2 is 2.11 bits per heavy atom. The standard InChI is InChI=1S/C15H18BrN3/c1-10-8-12-6-4-5-7-13(12)19(10)9-14-15(16)11(2)17-18(14)3/h4-7,10H,8-9H2,1-3H3. The molecule has 0 saturated heterocycles. The molecule has 1 aromatic carbocycles. The van der Waals surface area contributed by atoms with E-state index < -0.39 is 0 Å². The monoisotopic (exact) mass is 319 g/mol. The molecule has 3 rings (SSSR count). The third-order valence-corrected chi connectivity index (χ3v) is 4.96. The summed E-state index contributed by atoms with van der Waals surface area (Å²) < 4.78 is 3.11. The second-order valence-corrected chi connectivity index (χ2v) is 6.07. The van der Waals surface area contributed by atoms with Gasteiger partial charge in [-0.2, -0.15) is 5.10 Å². The second kappa shape index (κ2) is 4.67. The topological polar surface area (TPSA) is 21.1 Å². The number of hydrogen-bond donors (Lipinski definition) is 0. The Morgan fingerprint density at radius 1 is 1.37 bits per heavy atom. The maximum Gasteiger partial charge on any atom is 0.0739 e. The highest BCUT2D eigenvalue weighted by Crippen LogP contribution is 2.34. The highest BCUT2D eigenvalue weighted by atomic mass is 79.9. The van der Waals surface area contributed by atoms with Gasteiger partial charge in [0.1, 0.15) is 0 Å². The summed E-state index contributed by atoms with van der Waals surface area (Å²) in [7, 11) is 2.01. The van der Waals surface area contributed by atoms with Gasteiger partial charge in [0.2, 0.25) is 0 Å². The van der Waals surface area contributed by atoms with Crippen molar-refractivity contribution >= 4 is 21.6 Å². The minimum absolute atomic E-state index is 0.541. The molecule has 0 spiro atoms. The van der Waals surface area contributed by atoms with Gasteiger partial charge in [-0.15, -0.1) is 0 Å². The highest BCUT2D eigenvalue weighted by Gasteiger charge is 2.27. The van der Waals surface area contributed by atoms with Crippen LogP contribution in [0.3, 0.4) is 0 Å². The summed E-state index contributed by atoms with van der Waals surface area (Å²) in [6, 6.07) is 9.23. The van der Waals surface area contributed by atoms with Gasteiger partial charge in [0, 0.05) is 18.8 Å². The van der Waals surface area contributed by atoms with E-state index in [-0.39, 0.29) is 0 Å². The summed E-state index contributed by atoms with van der Waals surface area (Å²) in [5.74, 6) is 0. The van der Waals surface area contributed by atoms with E-state index in [9.17, 15) is 0 Å². The van der Waals surface area contributed by atoms with E-state index >= 15 is 0 Å². The summed E-state index contributed by atoms with van der Waals surface area (Å²) in [6.45, 7) is 5.22. The van der Waals surface area contributed by atoms with Crippen LogP contribution in [0.5, 0.6) is 0 Å². The number of hydrogen-bond acceptors (Lipinski definition) is 2. The molecule has 1 aliphatic heterocycles. The zero-order valence-corrected chi connectivity index (χ0v) is 13.1. The average Bonchev–Trinajstić information content (AvgIpc) is 2.82. The van der Waals surface area contributed by atoms with Gasteiger partial charge in [0.05, 0.1) is 22.4 Å². The van der Waals surface area contributed by atoms with Gasteiger partial charge in [-0.25, -0.2) is 0 Å². The average molecular weight is 320 g/mol. The fourth-order valence-electron chi connectivity index (χ4n) is 2.88. The number of aryl methyl sites for hydroxylation is 2. The summed E-state index contributed by atoms with van der Waals surface area (Å²) >= 11 is 3.66. The van der Waals surface area contributed by atoms with Crippen LogP contribution in [0.2, 0.25) is 0 Å². The zero-order chi connectivity index (χ0) is 13.6. The molecule has 1 aromatic heterocycles. The van der Waals surface area contributed by atoms with Gasteiger partial charge in [0.25, 0.3) is 0 Å². The molecule has 0 saturated carbocycles. The largest absolute Gasteiger partial charge is 0.362 e. The molecule has 1 aliphatic rings. The molecule has 2 aromatic rings. The van der Waals surface area contributed by atoms with E-state index in [0.29, 0.717) is 6.04 Å². The minimum atomic E-state index is 0.541. The molecule has 100 valence electrons. The van der Waals surface area contributed by atoms with Crippen molar-refractivity contribution < 1.29 is 0 Å². The molecule has 0 amide bonds. The lowest BCUT2D eigenvalue weighted by molar-refractivity contribution is 0.628. The van der Waals surface area contributed by atoms with Crippen LogP contribution in [-0.2, 0) is 20.0 Å². The molecule has 2 heterocycles. The Labute approximate surface area is 122 Å². The van der Waals surface area contributed by atoms with Crippen LogP contribution >= 0.6 is 15.9 Å². The molecule has 0 aliphatic carbocycles. The predicted molar refractivity (Wildman–Crippen MR) is 81.4 cm³/mol. The zero-order valence-electron chi connectivity index (χ0n) is 11.5. The van der Waals surface area contributed by atoms with Crippen LogP contribution < -0.4 is 4.90 Å². The molecule has 1 atom stereocenters. The van der Waals surface area contributed by atoms with Crippen molar-refractivity contribution in [2.75, 3.05) is 4.90 Å². The maximum absolute atomic E-state index is 4.48. The summed E-state index contributed by atoms with van der Waals surface area (Å²) in [6.07, 6.45) is 1.13. The van der Waals surface area contributed by atoms with Crippen molar-refractivity contribution in [3.63, 3.8) is 0 Å². The van der Waals surface area contributed by atoms with Crippen molar-refractivity contribution in [2.24, 2.45) is 7.05 Å². The fraction of sp³-hybridized carbons (Fsp3) is 0.400. The van der Waals surface area contributed by atoms with Crippen molar-refractivity contribution in [3.8, 4) is 0 Å². The molecular formula is C15H18BrN3. The Bertz CT molecular complexity index is 618. The number of rotatable bonds is 2. The molecule has 3 nitrogen and oxygen atoms in total. The van der Waals surface area contributed by atoms with Gasteiger partial charge in [-0.05, 0) is 47.8 Å². The lowest BCUT2D eigenvalue weighted by atomic mass is 10.1. The Kier molecular flexibility index (Phi) is 3.13. The van der Waals surface area contributed by atoms with Gasteiger partial charge < -0.3 is 4.90 Å². The van der Waals surface area contributed by atoms with Crippen molar-refractivity contribution in [1.82, 2.24) is 9.78 Å². The minimum Gasteiger partial charge on any atom is -0.362 e. The Balaban J connectivity index is 1.95. The number of anilines is 1. The van der Waals surface area contributed by atoms with Crippen LogP contribution in [0.4, 0.5) is 5.69 Å². The van der Waals surface area contributed by atoms with E-state index in [2.05, 4.69) is 57.1 Å². The summed E-state index contributed by atoms with van der Waals surface area (Å²) in [5.41, 5.74) is 5.10. The maximum atomic E-state index is 4.48. The molecule has 0 fully saturated rings. The number of halogens is 1. The normalized spacial score (nSPS) is 17.9. The van der Waals surface area contributed by atoms with Crippen LogP contribution in [-0.4, -0.2) is 15.8 Å². The fourth-order valence-corrected chi connectivity index (χ4v) is 3.35. The Morgan fingerprint density at radius 3 is 2.79 bits per heavy atom. The van der Waals surface area contributed by atoms with E-state index in [1.807, 2.05) is 18.7 Å². The third-order valence-electron chi connectivity index (χ3n) is 3.93. The highest BCUT2D eigenvalue weighted by molar-refractivity contribution is 9.10. The van der Waals surface area contributed by atoms with Gasteiger partial charge in [0.15, 0.2) is 0 Å². The molecule has 0 radical (unpaired) electrons. The number of fused-ring (bicyclic) bond motifs is 1. The molecular weight excluding hydrogens is 302 g/mol. The second-order valence-electron chi connectivity index (χ2n) is 5.28. The molecule has 1 unspecified atom stereocenters. The number of para-hydroxylation sites is 1.